The van der Waals surface area contributed by atoms with Crippen molar-refractivity contribution in [2.75, 3.05) is 0 Å². The molecule has 4 heteroatoms. The number of ketones is 1. The van der Waals surface area contributed by atoms with Gasteiger partial charge in [-0.1, -0.05) is 18.2 Å². The van der Waals surface area contributed by atoms with E-state index in [1.807, 2.05) is 44.2 Å². The fourth-order valence-electron chi connectivity index (χ4n) is 2.26. The van der Waals surface area contributed by atoms with Gasteiger partial charge in [0, 0.05) is 16.6 Å². The molecule has 3 aromatic rings. The Morgan fingerprint density at radius 1 is 1.26 bits per heavy atom. The number of benzene rings is 1. The number of H-pyrrole nitrogens is 1. The van der Waals surface area contributed by atoms with Gasteiger partial charge in [-0.3, -0.25) is 4.79 Å². The molecule has 0 saturated carbocycles. The molecular formula is C15H12BrNOS. The van der Waals surface area contributed by atoms with Gasteiger partial charge in [0.25, 0.3) is 0 Å². The van der Waals surface area contributed by atoms with Gasteiger partial charge in [-0.05, 0) is 47.5 Å². The standard InChI is InChI=1S/C15H12BrNOS/c1-8-7-12(19-15(8)16)14(18)13-9(2)17-11-6-4-3-5-10(11)13/h3-7,17H,1-2H3. The summed E-state index contributed by atoms with van der Waals surface area (Å²) in [5, 5.41) is 0.993. The Hall–Kier alpha value is -1.39. The molecule has 19 heavy (non-hydrogen) atoms. The van der Waals surface area contributed by atoms with E-state index in [1.165, 1.54) is 11.3 Å². The first kappa shape index (κ1) is 12.6. The Bertz CT molecular complexity index is 765. The topological polar surface area (TPSA) is 32.9 Å². The molecule has 96 valence electrons. The van der Waals surface area contributed by atoms with Gasteiger partial charge >= 0.3 is 0 Å². The normalized spacial score (nSPS) is 11.1. The predicted molar refractivity (Wildman–Crippen MR) is 83.2 cm³/mol. The van der Waals surface area contributed by atoms with Crippen LogP contribution in [0.25, 0.3) is 10.9 Å². The van der Waals surface area contributed by atoms with Crippen molar-refractivity contribution < 1.29 is 4.79 Å². The second-order valence-electron chi connectivity index (χ2n) is 4.57. The summed E-state index contributed by atoms with van der Waals surface area (Å²) < 4.78 is 1.02. The second-order valence-corrected chi connectivity index (χ2v) is 6.94. The Labute approximate surface area is 123 Å². The van der Waals surface area contributed by atoms with Crippen molar-refractivity contribution in [3.05, 3.63) is 55.8 Å². The number of halogens is 1. The third-order valence-electron chi connectivity index (χ3n) is 3.20. The van der Waals surface area contributed by atoms with Gasteiger partial charge in [-0.15, -0.1) is 11.3 Å². The highest BCUT2D eigenvalue weighted by molar-refractivity contribution is 9.11. The van der Waals surface area contributed by atoms with Gasteiger partial charge in [0.05, 0.1) is 14.2 Å². The highest BCUT2D eigenvalue weighted by atomic mass is 79.9. The molecule has 2 nitrogen and oxygen atoms in total. The number of carbonyl (C=O) groups is 1. The van der Waals surface area contributed by atoms with E-state index in [0.29, 0.717) is 0 Å². The van der Waals surface area contributed by atoms with Crippen molar-refractivity contribution in [3.8, 4) is 0 Å². The lowest BCUT2D eigenvalue weighted by atomic mass is 10.1. The van der Waals surface area contributed by atoms with E-state index >= 15 is 0 Å². The molecule has 0 aliphatic carbocycles. The maximum absolute atomic E-state index is 12.7. The van der Waals surface area contributed by atoms with Crippen LogP contribution in [0.3, 0.4) is 0 Å². The Balaban J connectivity index is 2.19. The second kappa shape index (κ2) is 4.62. The maximum Gasteiger partial charge on any atom is 0.205 e. The van der Waals surface area contributed by atoms with Gasteiger partial charge < -0.3 is 4.98 Å². The van der Waals surface area contributed by atoms with Crippen LogP contribution in [-0.4, -0.2) is 10.8 Å². The van der Waals surface area contributed by atoms with Crippen LogP contribution in [0.5, 0.6) is 0 Å². The fourth-order valence-corrected chi connectivity index (χ4v) is 3.75. The van der Waals surface area contributed by atoms with Crippen LogP contribution in [0.1, 0.15) is 26.5 Å². The molecule has 0 unspecified atom stereocenters. The third kappa shape index (κ3) is 2.05. The van der Waals surface area contributed by atoms with Crippen LogP contribution < -0.4 is 0 Å². The molecule has 0 fully saturated rings. The van der Waals surface area contributed by atoms with Crippen molar-refractivity contribution in [1.82, 2.24) is 4.98 Å². The number of aromatic nitrogens is 1. The minimum atomic E-state index is 0.0914. The van der Waals surface area contributed by atoms with Crippen molar-refractivity contribution in [2.45, 2.75) is 13.8 Å². The van der Waals surface area contributed by atoms with Crippen LogP contribution >= 0.6 is 27.3 Å². The van der Waals surface area contributed by atoms with Crippen molar-refractivity contribution in [1.29, 1.82) is 0 Å². The van der Waals surface area contributed by atoms with Gasteiger partial charge in [-0.25, -0.2) is 0 Å². The van der Waals surface area contributed by atoms with E-state index in [4.69, 9.17) is 0 Å². The van der Waals surface area contributed by atoms with Crippen LogP contribution in [0.15, 0.2) is 34.1 Å². The lowest BCUT2D eigenvalue weighted by molar-refractivity contribution is 0.104. The molecule has 1 aromatic carbocycles. The van der Waals surface area contributed by atoms with E-state index < -0.39 is 0 Å². The Morgan fingerprint density at radius 2 is 2.00 bits per heavy atom. The largest absolute Gasteiger partial charge is 0.358 e. The Morgan fingerprint density at radius 3 is 2.68 bits per heavy atom. The summed E-state index contributed by atoms with van der Waals surface area (Å²) in [5.41, 5.74) is 3.82. The van der Waals surface area contributed by atoms with Gasteiger partial charge in [0.2, 0.25) is 5.78 Å². The van der Waals surface area contributed by atoms with E-state index in [9.17, 15) is 4.79 Å². The first-order valence-corrected chi connectivity index (χ1v) is 7.57. The lowest BCUT2D eigenvalue weighted by Gasteiger charge is -1.98. The zero-order valence-corrected chi connectivity index (χ0v) is 13.0. The smallest absolute Gasteiger partial charge is 0.205 e. The summed E-state index contributed by atoms with van der Waals surface area (Å²) in [4.78, 5) is 16.7. The van der Waals surface area contributed by atoms with Crippen molar-refractivity contribution >= 4 is 44.0 Å². The summed E-state index contributed by atoms with van der Waals surface area (Å²) in [6.07, 6.45) is 0. The summed E-state index contributed by atoms with van der Waals surface area (Å²) in [7, 11) is 0. The molecule has 0 spiro atoms. The summed E-state index contributed by atoms with van der Waals surface area (Å²) in [6.45, 7) is 3.95. The molecule has 0 radical (unpaired) electrons. The summed E-state index contributed by atoms with van der Waals surface area (Å²) in [5.74, 6) is 0.0914. The van der Waals surface area contributed by atoms with Crippen LogP contribution in [-0.2, 0) is 0 Å². The average Bonchev–Trinajstić information content (AvgIpc) is 2.89. The minimum Gasteiger partial charge on any atom is -0.358 e. The highest BCUT2D eigenvalue weighted by Gasteiger charge is 2.19. The summed E-state index contributed by atoms with van der Waals surface area (Å²) in [6, 6.07) is 9.86. The molecule has 3 rings (SSSR count). The molecule has 2 heterocycles. The van der Waals surface area contributed by atoms with E-state index in [2.05, 4.69) is 20.9 Å². The maximum atomic E-state index is 12.7. The number of aromatic amines is 1. The number of hydrogen-bond donors (Lipinski definition) is 1. The van der Waals surface area contributed by atoms with Crippen molar-refractivity contribution in [3.63, 3.8) is 0 Å². The number of rotatable bonds is 2. The molecule has 0 amide bonds. The van der Waals surface area contributed by atoms with Crippen LogP contribution in [0, 0.1) is 13.8 Å². The zero-order valence-electron chi connectivity index (χ0n) is 10.6. The molecule has 0 atom stereocenters. The number of aryl methyl sites for hydroxylation is 2. The number of fused-ring (bicyclic) bond motifs is 1. The van der Waals surface area contributed by atoms with Gasteiger partial charge in [0.15, 0.2) is 0 Å². The van der Waals surface area contributed by atoms with Gasteiger partial charge in [0.1, 0.15) is 0 Å². The highest BCUT2D eigenvalue weighted by Crippen LogP contribution is 2.31. The van der Waals surface area contributed by atoms with Gasteiger partial charge in [-0.2, -0.15) is 0 Å². The zero-order chi connectivity index (χ0) is 13.6. The minimum absolute atomic E-state index is 0.0914. The average molecular weight is 334 g/mol. The SMILES string of the molecule is Cc1cc(C(=O)c2c(C)[nH]c3ccccc23)sc1Br. The molecular weight excluding hydrogens is 322 g/mol. The third-order valence-corrected chi connectivity index (χ3v) is 5.34. The number of carbonyl (C=O) groups excluding carboxylic acids is 1. The first-order chi connectivity index (χ1) is 9.08. The molecule has 0 aliphatic heterocycles. The molecule has 0 aliphatic rings. The van der Waals surface area contributed by atoms with E-state index in [0.717, 1.165) is 36.4 Å². The predicted octanol–water partition coefficient (Wildman–Crippen LogP) is 4.84. The number of hydrogen-bond acceptors (Lipinski definition) is 2. The first-order valence-electron chi connectivity index (χ1n) is 5.96. The molecule has 0 bridgehead atoms. The molecule has 2 aromatic heterocycles. The van der Waals surface area contributed by atoms with Crippen LogP contribution in [0.2, 0.25) is 0 Å². The quantitative estimate of drug-likeness (QED) is 0.668. The van der Waals surface area contributed by atoms with Crippen molar-refractivity contribution in [2.24, 2.45) is 0 Å². The molecule has 0 saturated heterocycles. The van der Waals surface area contributed by atoms with E-state index in [-0.39, 0.29) is 5.78 Å². The number of para-hydroxylation sites is 1. The van der Waals surface area contributed by atoms with Crippen LogP contribution in [0.4, 0.5) is 0 Å². The number of nitrogens with one attached hydrogen (secondary N) is 1. The fraction of sp³-hybridized carbons (Fsp3) is 0.133. The molecule has 1 N–H and O–H groups in total. The monoisotopic (exact) mass is 333 g/mol. The van der Waals surface area contributed by atoms with E-state index in [1.54, 1.807) is 0 Å². The lowest BCUT2D eigenvalue weighted by Crippen LogP contribution is -1.99. The summed E-state index contributed by atoms with van der Waals surface area (Å²) >= 11 is 4.97. The Kier molecular flexibility index (Phi) is 3.07. The number of thiophene rings is 1.